The van der Waals surface area contributed by atoms with Crippen LogP contribution in [0.3, 0.4) is 0 Å². The highest BCUT2D eigenvalue weighted by atomic mass is 32.7. The minimum absolute atomic E-state index is 0.00472. The van der Waals surface area contributed by atoms with Crippen molar-refractivity contribution in [2.24, 2.45) is 0 Å². The van der Waals surface area contributed by atoms with Crippen LogP contribution in [-0.4, -0.2) is 83.3 Å². The molecule has 24 heteroatoms. The van der Waals surface area contributed by atoms with Gasteiger partial charge in [-0.25, -0.2) is 23.5 Å². The predicted octanol–water partition coefficient (Wildman–Crippen LogP) is 1.54. The van der Waals surface area contributed by atoms with Gasteiger partial charge in [-0.2, -0.15) is 9.67 Å². The van der Waals surface area contributed by atoms with Crippen LogP contribution < -0.4 is 17.0 Å². The molecule has 0 saturated carbocycles. The number of nitrogens with two attached hydrogens (primary N) is 2. The maximum atomic E-state index is 16.0. The number of halogens is 1. The molecule has 9 atom stereocenters. The zero-order valence-electron chi connectivity index (χ0n) is 22.0. The molecule has 0 radical (unpaired) electrons. The molecule has 3 saturated heterocycles. The van der Waals surface area contributed by atoms with E-state index in [1.165, 1.54) is 17.1 Å². The van der Waals surface area contributed by atoms with Gasteiger partial charge in [0.1, 0.15) is 36.1 Å². The Labute approximate surface area is 255 Å². The van der Waals surface area contributed by atoms with E-state index in [2.05, 4.69) is 54.7 Å². The van der Waals surface area contributed by atoms with E-state index >= 15 is 4.39 Å². The van der Waals surface area contributed by atoms with Gasteiger partial charge in [0.15, 0.2) is 29.8 Å². The molecule has 0 amide bonds. The predicted molar refractivity (Wildman–Crippen MR) is 154 cm³/mol. The van der Waals surface area contributed by atoms with Crippen LogP contribution in [0.25, 0.3) is 22.2 Å². The van der Waals surface area contributed by atoms with Crippen LogP contribution in [0.2, 0.25) is 0 Å². The fourth-order valence-electron chi connectivity index (χ4n) is 5.27. The summed E-state index contributed by atoms with van der Waals surface area (Å²) < 4.78 is 79.5. The maximum Gasteiger partial charge on any atom is 0.386 e. The van der Waals surface area contributed by atoms with Crippen LogP contribution in [0, 0.1) is 0 Å². The van der Waals surface area contributed by atoms with Crippen LogP contribution >= 0.6 is 38.1 Å². The van der Waals surface area contributed by atoms with E-state index in [1.54, 1.807) is 6.07 Å². The summed E-state index contributed by atoms with van der Waals surface area (Å²) in [5.41, 5.74) is 11.0. The zero-order valence-corrected chi connectivity index (χ0v) is 25.6. The third-order valence-corrected chi connectivity index (χ3v) is 10.4. The smallest absolute Gasteiger partial charge is 0.383 e. The number of fused-ring (bicyclic) bond motifs is 5. The summed E-state index contributed by atoms with van der Waals surface area (Å²) in [7, 11) is 0. The molecule has 4 aromatic heterocycles. The Hall–Kier alpha value is -2.65. The Morgan fingerprint density at radius 3 is 2.61 bits per heavy atom. The quantitative estimate of drug-likeness (QED) is 0.148. The van der Waals surface area contributed by atoms with Crippen molar-refractivity contribution in [2.75, 3.05) is 24.7 Å². The highest BCUT2D eigenvalue weighted by Crippen LogP contribution is 2.60. The number of aromatic amines is 1. The highest BCUT2D eigenvalue weighted by molar-refractivity contribution is 8.44. The standard InChI is InChI=1S/C20H23FN10O9P2S2/c21-11-13-10(38-19(11)30-2-1-8-14(22)24-6-25-15(8)30)5-36-41(33,43)39-9-3-7(4-35-42(34,44)40-13)37-18(9)31-16-12(28-29-31)17(32)27-20(23)26-16/h1-2,6-7,9-11,13,18-19H,3-5H2,(H,33,43)(H,34,44)(H2,22,24,25)(H3,23,26,27,32)/t7-,9+,10+,11-,13+,18+,19+,41?,42?/m0/s1. The molecule has 5 N–H and O–H groups in total. The normalized spacial score (nSPS) is 36.6. The SMILES string of the molecule is Nc1nc2c(nnn2[C@@H]2O[C@@H]3COP(=O)(S)O[C@H]4[C@H](F)[C@H](n5ccc6c(N)ncnc65)O[C@@H]4COP(=O)(S)O[C@@H]2C3)c(=O)[nH]1. The van der Waals surface area contributed by atoms with Gasteiger partial charge in [-0.15, -0.1) is 5.10 Å². The summed E-state index contributed by atoms with van der Waals surface area (Å²) in [5.74, 6) is -0.0369. The minimum atomic E-state index is -4.27. The lowest BCUT2D eigenvalue weighted by Gasteiger charge is -2.25. The molecule has 7 rings (SSSR count). The Kier molecular flexibility index (Phi) is 7.51. The summed E-state index contributed by atoms with van der Waals surface area (Å²) in [4.78, 5) is 26.7. The number of aromatic nitrogens is 8. The Balaban J connectivity index is 1.19. The summed E-state index contributed by atoms with van der Waals surface area (Å²) in [5, 5.41) is 8.21. The monoisotopic (exact) mass is 692 g/mol. The van der Waals surface area contributed by atoms with Crippen molar-refractivity contribution in [3.05, 3.63) is 28.9 Å². The first-order valence-corrected chi connectivity index (χ1v) is 18.2. The van der Waals surface area contributed by atoms with Crippen molar-refractivity contribution in [1.82, 2.24) is 39.5 Å². The molecule has 3 fully saturated rings. The average molecular weight is 693 g/mol. The molecule has 19 nitrogen and oxygen atoms in total. The summed E-state index contributed by atoms with van der Waals surface area (Å²) >= 11 is 8.15. The number of nitrogen functional groups attached to an aromatic ring is 2. The molecular formula is C20H23FN10O9P2S2. The van der Waals surface area contributed by atoms with Gasteiger partial charge < -0.3 is 25.5 Å². The van der Waals surface area contributed by atoms with Crippen LogP contribution in [-0.2, 0) is 36.7 Å². The molecule has 0 spiro atoms. The van der Waals surface area contributed by atoms with E-state index in [1.807, 2.05) is 0 Å². The summed E-state index contributed by atoms with van der Waals surface area (Å²) in [6.07, 6.45) is -6.59. The van der Waals surface area contributed by atoms with Crippen LogP contribution in [0.1, 0.15) is 18.9 Å². The first-order chi connectivity index (χ1) is 20.9. The molecule has 0 aromatic carbocycles. The third kappa shape index (κ3) is 5.42. The second-order valence-electron chi connectivity index (χ2n) is 10.0. The number of thiol groups is 2. The fraction of sp³-hybridized carbons (Fsp3) is 0.500. The van der Waals surface area contributed by atoms with Crippen molar-refractivity contribution < 1.29 is 41.1 Å². The fourth-order valence-corrected chi connectivity index (χ4v) is 8.26. The van der Waals surface area contributed by atoms with E-state index in [-0.39, 0.29) is 41.6 Å². The number of alkyl halides is 1. The number of ether oxygens (including phenoxy) is 2. The lowest BCUT2D eigenvalue weighted by atomic mass is 10.1. The van der Waals surface area contributed by atoms with Gasteiger partial charge in [-0.1, -0.05) is 29.7 Å². The van der Waals surface area contributed by atoms with Gasteiger partial charge in [-0.05, 0) is 6.07 Å². The van der Waals surface area contributed by atoms with Crippen molar-refractivity contribution in [2.45, 2.75) is 49.5 Å². The van der Waals surface area contributed by atoms with Gasteiger partial charge in [-0.3, -0.25) is 27.9 Å². The van der Waals surface area contributed by atoms with Gasteiger partial charge >= 0.3 is 13.6 Å². The Morgan fingerprint density at radius 2 is 1.80 bits per heavy atom. The topological polar surface area (TPSA) is 249 Å². The molecule has 2 unspecified atom stereocenters. The van der Waals surface area contributed by atoms with Crippen LogP contribution in [0.15, 0.2) is 23.4 Å². The number of hydrogen-bond donors (Lipinski definition) is 5. The number of nitrogens with one attached hydrogen (secondary N) is 1. The van der Waals surface area contributed by atoms with Crippen molar-refractivity contribution in [1.29, 1.82) is 0 Å². The second kappa shape index (κ2) is 11.0. The number of hydrogen-bond acceptors (Lipinski definition) is 16. The molecule has 236 valence electrons. The number of nitrogens with zero attached hydrogens (tertiary/aromatic N) is 7. The van der Waals surface area contributed by atoms with E-state index in [4.69, 9.17) is 39.0 Å². The Morgan fingerprint density at radius 1 is 1.02 bits per heavy atom. The largest absolute Gasteiger partial charge is 0.386 e. The lowest BCUT2D eigenvalue weighted by Crippen LogP contribution is -2.33. The molecule has 4 aromatic rings. The van der Waals surface area contributed by atoms with Gasteiger partial charge in [0.2, 0.25) is 5.95 Å². The second-order valence-corrected chi connectivity index (χ2v) is 15.8. The maximum absolute atomic E-state index is 16.0. The highest BCUT2D eigenvalue weighted by Gasteiger charge is 2.52. The average Bonchev–Trinajstić information content (AvgIpc) is 3.72. The molecule has 0 aliphatic carbocycles. The lowest BCUT2D eigenvalue weighted by molar-refractivity contribution is -0.0601. The van der Waals surface area contributed by atoms with Crippen molar-refractivity contribution in [3.8, 4) is 0 Å². The van der Waals surface area contributed by atoms with Crippen molar-refractivity contribution in [3.63, 3.8) is 0 Å². The van der Waals surface area contributed by atoms with Gasteiger partial charge in [0.05, 0.1) is 24.7 Å². The van der Waals surface area contributed by atoms with E-state index in [0.717, 1.165) is 4.68 Å². The van der Waals surface area contributed by atoms with Crippen LogP contribution in [0.4, 0.5) is 16.2 Å². The van der Waals surface area contributed by atoms with Gasteiger partial charge in [0.25, 0.3) is 5.56 Å². The summed E-state index contributed by atoms with van der Waals surface area (Å²) in [6, 6.07) is 1.58. The van der Waals surface area contributed by atoms with E-state index < -0.39 is 68.8 Å². The minimum Gasteiger partial charge on any atom is -0.383 e. The molecule has 3 aliphatic rings. The third-order valence-electron chi connectivity index (χ3n) is 7.17. The molecular weight excluding hydrogens is 669 g/mol. The number of rotatable bonds is 2. The van der Waals surface area contributed by atoms with Crippen molar-refractivity contribution >= 4 is 72.1 Å². The molecule has 2 bridgehead atoms. The molecule has 44 heavy (non-hydrogen) atoms. The first-order valence-electron chi connectivity index (χ1n) is 12.8. The first kappa shape index (κ1) is 30.0. The zero-order chi connectivity index (χ0) is 31.0. The number of anilines is 2. The van der Waals surface area contributed by atoms with Crippen LogP contribution in [0.5, 0.6) is 0 Å². The Bertz CT molecular complexity index is 1910. The van der Waals surface area contributed by atoms with Gasteiger partial charge in [0, 0.05) is 12.6 Å². The number of H-pyrrole nitrogens is 1. The van der Waals surface area contributed by atoms with E-state index in [0.29, 0.717) is 5.39 Å². The molecule has 7 heterocycles. The van der Waals surface area contributed by atoms with E-state index in [9.17, 15) is 13.9 Å². The molecule has 3 aliphatic heterocycles. The summed E-state index contributed by atoms with van der Waals surface area (Å²) in [6.45, 7) is -9.46.